The summed E-state index contributed by atoms with van der Waals surface area (Å²) in [6.07, 6.45) is 0.948. The van der Waals surface area contributed by atoms with E-state index in [0.717, 1.165) is 12.0 Å². The molecular formula is C25H28N4O3. The van der Waals surface area contributed by atoms with E-state index in [1.165, 1.54) is 5.56 Å². The van der Waals surface area contributed by atoms with Gasteiger partial charge < -0.3 is 14.7 Å². The van der Waals surface area contributed by atoms with E-state index in [-0.39, 0.29) is 11.8 Å². The Balaban J connectivity index is 1.46. The van der Waals surface area contributed by atoms with Gasteiger partial charge in [0, 0.05) is 37.8 Å². The minimum atomic E-state index is -0.478. The number of hydrogen-bond acceptors (Lipinski definition) is 5. The van der Waals surface area contributed by atoms with Crippen LogP contribution in [0.15, 0.2) is 65.2 Å². The molecule has 2 heterocycles. The van der Waals surface area contributed by atoms with Crippen LogP contribution in [0.4, 0.5) is 5.82 Å². The SMILES string of the molecule is CCc1ccc(C(=O)N2CCN(C(C(=O)Nc3cc(C)on3)c3ccccc3)CC2)cc1. The molecule has 0 spiro atoms. The van der Waals surface area contributed by atoms with Gasteiger partial charge in [0.05, 0.1) is 0 Å². The molecule has 4 rings (SSSR count). The van der Waals surface area contributed by atoms with E-state index in [4.69, 9.17) is 4.52 Å². The zero-order chi connectivity index (χ0) is 22.5. The van der Waals surface area contributed by atoms with Gasteiger partial charge in [-0.3, -0.25) is 14.5 Å². The molecule has 2 aromatic carbocycles. The second kappa shape index (κ2) is 9.78. The molecule has 1 saturated heterocycles. The molecule has 3 aromatic rings. The summed E-state index contributed by atoms with van der Waals surface area (Å²) in [4.78, 5) is 30.1. The standard InChI is InChI=1S/C25H28N4O3/c1-3-19-9-11-21(12-10-19)25(31)29-15-13-28(14-16-29)23(20-7-5-4-6-8-20)24(30)26-22-17-18(2)32-27-22/h4-12,17,23H,3,13-16H2,1-2H3,(H,26,27,30). The van der Waals surface area contributed by atoms with E-state index in [1.807, 2.05) is 59.5 Å². The topological polar surface area (TPSA) is 78.7 Å². The Labute approximate surface area is 188 Å². The zero-order valence-electron chi connectivity index (χ0n) is 18.5. The molecule has 1 atom stereocenters. The van der Waals surface area contributed by atoms with Gasteiger partial charge in [-0.1, -0.05) is 54.5 Å². The number of nitrogens with zero attached hydrogens (tertiary/aromatic N) is 3. The lowest BCUT2D eigenvalue weighted by Crippen LogP contribution is -2.51. The Morgan fingerprint density at radius 2 is 1.72 bits per heavy atom. The molecule has 32 heavy (non-hydrogen) atoms. The molecular weight excluding hydrogens is 404 g/mol. The van der Waals surface area contributed by atoms with Gasteiger partial charge >= 0.3 is 0 Å². The number of aryl methyl sites for hydroxylation is 2. The number of hydrogen-bond donors (Lipinski definition) is 1. The van der Waals surface area contributed by atoms with Crippen LogP contribution in [0.1, 0.15) is 40.2 Å². The second-order valence-electron chi connectivity index (χ2n) is 8.00. The Morgan fingerprint density at radius 3 is 2.31 bits per heavy atom. The van der Waals surface area contributed by atoms with Crippen molar-refractivity contribution >= 4 is 17.6 Å². The van der Waals surface area contributed by atoms with Gasteiger partial charge in [0.2, 0.25) is 5.91 Å². The fraction of sp³-hybridized carbons (Fsp3) is 0.320. The summed E-state index contributed by atoms with van der Waals surface area (Å²) in [5.41, 5.74) is 2.82. The van der Waals surface area contributed by atoms with Gasteiger partial charge in [0.1, 0.15) is 11.8 Å². The van der Waals surface area contributed by atoms with Gasteiger partial charge in [0.15, 0.2) is 5.82 Å². The van der Waals surface area contributed by atoms with Crippen LogP contribution in [0.25, 0.3) is 0 Å². The third-order valence-electron chi connectivity index (χ3n) is 5.82. The number of benzene rings is 2. The number of carbonyl (C=O) groups excluding carboxylic acids is 2. The first kappa shape index (κ1) is 21.8. The van der Waals surface area contributed by atoms with Crippen LogP contribution in [-0.4, -0.2) is 52.9 Å². The average molecular weight is 433 g/mol. The number of rotatable bonds is 6. The second-order valence-corrected chi connectivity index (χ2v) is 8.00. The number of anilines is 1. The fourth-order valence-corrected chi connectivity index (χ4v) is 4.03. The van der Waals surface area contributed by atoms with Crippen molar-refractivity contribution in [2.75, 3.05) is 31.5 Å². The van der Waals surface area contributed by atoms with E-state index in [0.29, 0.717) is 43.3 Å². The normalized spacial score (nSPS) is 15.4. The van der Waals surface area contributed by atoms with Gasteiger partial charge in [-0.05, 0) is 36.6 Å². The predicted octanol–water partition coefficient (Wildman–Crippen LogP) is 3.68. The largest absolute Gasteiger partial charge is 0.360 e. The summed E-state index contributed by atoms with van der Waals surface area (Å²) in [5.74, 6) is 0.902. The van der Waals surface area contributed by atoms with Gasteiger partial charge in [0.25, 0.3) is 5.91 Å². The molecule has 1 unspecified atom stereocenters. The maximum atomic E-state index is 13.2. The maximum Gasteiger partial charge on any atom is 0.253 e. The smallest absolute Gasteiger partial charge is 0.253 e. The molecule has 2 amide bonds. The maximum absolute atomic E-state index is 13.2. The molecule has 0 bridgehead atoms. The van der Waals surface area contributed by atoms with Gasteiger partial charge in [-0.15, -0.1) is 0 Å². The van der Waals surface area contributed by atoms with Gasteiger partial charge in [-0.2, -0.15) is 0 Å². The average Bonchev–Trinajstić information content (AvgIpc) is 3.24. The molecule has 7 heteroatoms. The van der Waals surface area contributed by atoms with E-state index >= 15 is 0 Å². The molecule has 1 N–H and O–H groups in total. The quantitative estimate of drug-likeness (QED) is 0.643. The summed E-state index contributed by atoms with van der Waals surface area (Å²) in [7, 11) is 0. The van der Waals surface area contributed by atoms with E-state index < -0.39 is 6.04 Å². The Kier molecular flexibility index (Phi) is 6.66. The number of amides is 2. The van der Waals surface area contributed by atoms with E-state index in [1.54, 1.807) is 13.0 Å². The highest BCUT2D eigenvalue weighted by atomic mass is 16.5. The van der Waals surface area contributed by atoms with Crippen LogP contribution in [0.5, 0.6) is 0 Å². The lowest BCUT2D eigenvalue weighted by molar-refractivity contribution is -0.122. The molecule has 166 valence electrons. The summed E-state index contributed by atoms with van der Waals surface area (Å²) in [6.45, 7) is 6.21. The molecule has 0 saturated carbocycles. The summed E-state index contributed by atoms with van der Waals surface area (Å²) < 4.78 is 5.07. The molecule has 1 aromatic heterocycles. The van der Waals surface area contributed by atoms with Gasteiger partial charge in [-0.25, -0.2) is 0 Å². The molecule has 0 aliphatic carbocycles. The lowest BCUT2D eigenvalue weighted by atomic mass is 10.0. The van der Waals surface area contributed by atoms with Crippen molar-refractivity contribution in [2.45, 2.75) is 26.3 Å². The summed E-state index contributed by atoms with van der Waals surface area (Å²) in [5, 5.41) is 6.74. The zero-order valence-corrected chi connectivity index (χ0v) is 18.5. The van der Waals surface area contributed by atoms with Crippen LogP contribution < -0.4 is 5.32 Å². The van der Waals surface area contributed by atoms with Crippen LogP contribution in [0.2, 0.25) is 0 Å². The molecule has 0 radical (unpaired) electrons. The van der Waals surface area contributed by atoms with Crippen LogP contribution in [-0.2, 0) is 11.2 Å². The Hall–Kier alpha value is -3.45. The first-order chi connectivity index (χ1) is 15.5. The van der Waals surface area contributed by atoms with Crippen molar-refractivity contribution in [1.29, 1.82) is 0 Å². The monoisotopic (exact) mass is 432 g/mol. The highest BCUT2D eigenvalue weighted by Gasteiger charge is 2.32. The third-order valence-corrected chi connectivity index (χ3v) is 5.82. The van der Waals surface area contributed by atoms with Crippen LogP contribution >= 0.6 is 0 Å². The molecule has 1 fully saturated rings. The highest BCUT2D eigenvalue weighted by molar-refractivity contribution is 5.95. The third kappa shape index (κ3) is 4.89. The molecule has 1 aliphatic rings. The number of piperazine rings is 1. The van der Waals surface area contributed by atoms with Crippen LogP contribution in [0.3, 0.4) is 0 Å². The number of aromatic nitrogens is 1. The lowest BCUT2D eigenvalue weighted by Gasteiger charge is -2.38. The predicted molar refractivity (Wildman–Crippen MR) is 122 cm³/mol. The van der Waals surface area contributed by atoms with Crippen molar-refractivity contribution in [2.24, 2.45) is 0 Å². The van der Waals surface area contributed by atoms with E-state index in [2.05, 4.69) is 22.3 Å². The first-order valence-electron chi connectivity index (χ1n) is 11.0. The van der Waals surface area contributed by atoms with E-state index in [9.17, 15) is 9.59 Å². The highest BCUT2D eigenvalue weighted by Crippen LogP contribution is 2.25. The number of carbonyl (C=O) groups is 2. The van der Waals surface area contributed by atoms with Crippen LogP contribution in [0, 0.1) is 6.92 Å². The van der Waals surface area contributed by atoms with Crippen molar-refractivity contribution in [3.05, 3.63) is 83.1 Å². The summed E-state index contributed by atoms with van der Waals surface area (Å²) >= 11 is 0. The number of nitrogens with one attached hydrogen (secondary N) is 1. The minimum Gasteiger partial charge on any atom is -0.360 e. The Morgan fingerprint density at radius 1 is 1.03 bits per heavy atom. The van der Waals surface area contributed by atoms with Crippen molar-refractivity contribution < 1.29 is 14.1 Å². The van der Waals surface area contributed by atoms with Crippen molar-refractivity contribution in [1.82, 2.24) is 15.0 Å². The van der Waals surface area contributed by atoms with Crippen molar-refractivity contribution in [3.8, 4) is 0 Å². The summed E-state index contributed by atoms with van der Waals surface area (Å²) in [6, 6.07) is 18.7. The van der Waals surface area contributed by atoms with Crippen molar-refractivity contribution in [3.63, 3.8) is 0 Å². The fourth-order valence-electron chi connectivity index (χ4n) is 4.03. The molecule has 1 aliphatic heterocycles. The Bertz CT molecular complexity index is 1050. The molecule has 7 nitrogen and oxygen atoms in total. The minimum absolute atomic E-state index is 0.0334. The first-order valence-corrected chi connectivity index (χ1v) is 11.0.